The van der Waals surface area contributed by atoms with Crippen LogP contribution in [-0.2, 0) is 29.3 Å². The molecule has 2 aromatic heterocycles. The predicted molar refractivity (Wildman–Crippen MR) is 135 cm³/mol. The van der Waals surface area contributed by atoms with E-state index in [2.05, 4.69) is 35.4 Å². The molecule has 0 unspecified atom stereocenters. The van der Waals surface area contributed by atoms with Crippen molar-refractivity contribution in [2.45, 2.75) is 47.5 Å². The van der Waals surface area contributed by atoms with Crippen LogP contribution in [-0.4, -0.2) is 46.7 Å². The van der Waals surface area contributed by atoms with Crippen LogP contribution in [0, 0.1) is 6.92 Å². The summed E-state index contributed by atoms with van der Waals surface area (Å²) in [4.78, 5) is 22.8. The molecule has 180 valence electrons. The number of carbonyl (C=O) groups excluding carboxylic acids is 1. The number of nitrogens with one attached hydrogen (secondary N) is 1. The number of fused-ring (bicyclic) bond motifs is 2. The maximum atomic E-state index is 14.0. The summed E-state index contributed by atoms with van der Waals surface area (Å²) in [7, 11) is -2.35. The molecule has 1 aliphatic heterocycles. The summed E-state index contributed by atoms with van der Waals surface area (Å²) in [5, 5.41) is 3.23. The third-order valence-corrected chi connectivity index (χ3v) is 15.8. The van der Waals surface area contributed by atoms with Crippen LogP contribution < -0.4 is 13.6 Å². The Morgan fingerprint density at radius 1 is 1.14 bits per heavy atom. The Morgan fingerprint density at radius 3 is 2.77 bits per heavy atom. The number of hydrogen-bond donors (Lipinski definition) is 1. The van der Waals surface area contributed by atoms with E-state index in [1.807, 2.05) is 25.1 Å². The molecule has 2 atom stereocenters. The Balaban J connectivity index is 1.32. The average Bonchev–Trinajstić information content (AvgIpc) is 3.57. The second-order valence-corrected chi connectivity index (χ2v) is 16.9. The first-order valence-corrected chi connectivity index (χ1v) is 17.8. The third kappa shape index (κ3) is 4.58. The fourth-order valence-corrected chi connectivity index (χ4v) is 14.4. The molecule has 1 spiro atoms. The van der Waals surface area contributed by atoms with Crippen LogP contribution in [0.25, 0.3) is 0 Å². The van der Waals surface area contributed by atoms with Crippen LogP contribution in [0.5, 0.6) is 5.88 Å². The Labute approximate surface area is 214 Å². The molecule has 3 aromatic rings. The molecular formula is C26H27N3O4SSn. The van der Waals surface area contributed by atoms with Gasteiger partial charge in [0, 0.05) is 0 Å². The fourth-order valence-electron chi connectivity index (χ4n) is 5.16. The number of aryl methyl sites for hydroxylation is 1. The number of carbonyl (C=O) groups is 1. The van der Waals surface area contributed by atoms with Crippen molar-refractivity contribution >= 4 is 43.7 Å². The molecular weight excluding hydrogens is 569 g/mol. The Hall–Kier alpha value is -2.46. The third-order valence-electron chi connectivity index (χ3n) is 6.82. The van der Waals surface area contributed by atoms with Gasteiger partial charge in [-0.2, -0.15) is 0 Å². The van der Waals surface area contributed by atoms with Crippen LogP contribution >= 0.6 is 0 Å². The SMILES string of the molecule is CCOc1cccc([C@@H]2C[C@@]23[C](=O)[Sn+]([CH2]CCNc2cccc([S-](=O)=O)n2)[c]2ccc(C)cc23)n1. The zero-order valence-corrected chi connectivity index (χ0v) is 23.4. The van der Waals surface area contributed by atoms with Crippen LogP contribution in [0.1, 0.15) is 42.5 Å². The molecule has 1 N–H and O–H groups in total. The predicted octanol–water partition coefficient (Wildman–Crippen LogP) is 3.60. The van der Waals surface area contributed by atoms with Crippen LogP contribution in [0.4, 0.5) is 5.82 Å². The van der Waals surface area contributed by atoms with Gasteiger partial charge in [0.05, 0.1) is 0 Å². The van der Waals surface area contributed by atoms with Gasteiger partial charge in [-0.3, -0.25) is 0 Å². The van der Waals surface area contributed by atoms with Gasteiger partial charge >= 0.3 is 215 Å². The molecule has 35 heavy (non-hydrogen) atoms. The zero-order valence-electron chi connectivity index (χ0n) is 19.7. The van der Waals surface area contributed by atoms with Crippen LogP contribution in [0.3, 0.4) is 0 Å². The summed E-state index contributed by atoms with van der Waals surface area (Å²) in [6.45, 7) is 5.24. The summed E-state index contributed by atoms with van der Waals surface area (Å²) < 4.78 is 30.6. The summed E-state index contributed by atoms with van der Waals surface area (Å²) in [6.07, 6.45) is 1.68. The van der Waals surface area contributed by atoms with Crippen molar-refractivity contribution in [2.75, 3.05) is 18.5 Å². The van der Waals surface area contributed by atoms with Crippen molar-refractivity contribution in [1.82, 2.24) is 9.97 Å². The first-order valence-electron chi connectivity index (χ1n) is 11.9. The first kappa shape index (κ1) is 24.2. The normalized spacial score (nSPS) is 20.4. The second kappa shape index (κ2) is 9.89. The fraction of sp³-hybridized carbons (Fsp3) is 0.346. The molecule has 9 heteroatoms. The Kier molecular flexibility index (Phi) is 6.85. The van der Waals surface area contributed by atoms with E-state index in [0.29, 0.717) is 28.6 Å². The van der Waals surface area contributed by atoms with E-state index in [1.54, 1.807) is 12.1 Å². The van der Waals surface area contributed by atoms with Crippen molar-refractivity contribution in [3.8, 4) is 5.88 Å². The van der Waals surface area contributed by atoms with Crippen molar-refractivity contribution in [2.24, 2.45) is 0 Å². The van der Waals surface area contributed by atoms with Gasteiger partial charge in [0.25, 0.3) is 0 Å². The van der Waals surface area contributed by atoms with Crippen molar-refractivity contribution in [1.29, 1.82) is 0 Å². The van der Waals surface area contributed by atoms with Gasteiger partial charge in [-0.15, -0.1) is 0 Å². The number of ether oxygens (including phenoxy) is 1. The van der Waals surface area contributed by atoms with Crippen LogP contribution in [0.15, 0.2) is 59.6 Å². The van der Waals surface area contributed by atoms with Gasteiger partial charge in [0.2, 0.25) is 0 Å². The quantitative estimate of drug-likeness (QED) is 0.229. The van der Waals surface area contributed by atoms with E-state index in [-0.39, 0.29) is 10.9 Å². The van der Waals surface area contributed by atoms with Crippen molar-refractivity contribution < 1.29 is 17.9 Å². The summed E-state index contributed by atoms with van der Waals surface area (Å²) in [6, 6.07) is 17.3. The summed E-state index contributed by atoms with van der Waals surface area (Å²) in [5.41, 5.74) is 2.97. The molecule has 7 nitrogen and oxygen atoms in total. The van der Waals surface area contributed by atoms with E-state index in [9.17, 15) is 13.2 Å². The first-order chi connectivity index (χ1) is 16.9. The second-order valence-electron chi connectivity index (χ2n) is 9.04. The van der Waals surface area contributed by atoms with E-state index < -0.39 is 35.9 Å². The summed E-state index contributed by atoms with van der Waals surface area (Å²) in [5.74, 6) is 1.27. The monoisotopic (exact) mass is 597 g/mol. The van der Waals surface area contributed by atoms with Gasteiger partial charge in [-0.1, -0.05) is 0 Å². The molecule has 0 radical (unpaired) electrons. The topological polar surface area (TPSA) is 98.2 Å². The molecule has 1 aliphatic carbocycles. The van der Waals surface area contributed by atoms with Gasteiger partial charge in [-0.25, -0.2) is 0 Å². The number of aromatic nitrogens is 2. The maximum absolute atomic E-state index is 14.0. The zero-order chi connectivity index (χ0) is 24.6. The average molecular weight is 596 g/mol. The molecule has 2 aliphatic rings. The number of anilines is 1. The Bertz CT molecular complexity index is 1350. The number of nitrogens with zero attached hydrogens (tertiary/aromatic N) is 2. The van der Waals surface area contributed by atoms with E-state index in [1.165, 1.54) is 20.8 Å². The van der Waals surface area contributed by atoms with Gasteiger partial charge in [-0.05, 0) is 0 Å². The molecule has 0 bridgehead atoms. The molecule has 3 heterocycles. The van der Waals surface area contributed by atoms with E-state index in [4.69, 9.17) is 9.72 Å². The molecule has 5 rings (SSSR count). The van der Waals surface area contributed by atoms with Gasteiger partial charge in [0.1, 0.15) is 0 Å². The van der Waals surface area contributed by atoms with E-state index >= 15 is 0 Å². The minimum absolute atomic E-state index is 0.0206. The number of rotatable bonds is 9. The molecule has 0 saturated heterocycles. The van der Waals surface area contributed by atoms with Crippen molar-refractivity contribution in [3.05, 3.63) is 71.4 Å². The number of pyridine rings is 2. The van der Waals surface area contributed by atoms with Gasteiger partial charge < -0.3 is 0 Å². The number of hydrogen-bond acceptors (Lipinski definition) is 8. The standard InChI is InChI=1S/C18H17NO2.C8H10N2O2S.Sn/c1-3-21-17-9-5-8-16(19-17)15-11-18(15,12-20)14-7-4-6-13(2)10-14;1-2-6-9-7-4-3-5-8(10-7)13(11)12;/h4-6,8-10,15H,3,11H2,1-2H3;3-5H,1-2,6H2,(H,9,10);/q;-1;+1/t15-,18-;;/m0../s1. The molecule has 1 fully saturated rings. The number of benzene rings is 1. The Morgan fingerprint density at radius 2 is 1.97 bits per heavy atom. The van der Waals surface area contributed by atoms with Crippen LogP contribution in [0.2, 0.25) is 4.44 Å². The van der Waals surface area contributed by atoms with E-state index in [0.717, 1.165) is 23.0 Å². The van der Waals surface area contributed by atoms with Crippen molar-refractivity contribution in [3.63, 3.8) is 0 Å². The van der Waals surface area contributed by atoms with Gasteiger partial charge in [0.15, 0.2) is 0 Å². The molecule has 1 saturated carbocycles. The molecule has 0 amide bonds. The molecule has 1 aromatic carbocycles. The minimum atomic E-state index is -2.56. The summed E-state index contributed by atoms with van der Waals surface area (Å²) >= 11 is -2.56.